The van der Waals surface area contributed by atoms with Gasteiger partial charge in [-0.15, -0.1) is 11.3 Å². The molecule has 1 unspecified atom stereocenters. The molecule has 0 fully saturated rings. The molecule has 0 spiro atoms. The standard InChI is InChI=1S/C19H19NO3S2/c1-4-23-14-9-10-15-16(11-14)24-18(20-15)25-19(3,17(21)22)13-7-5-12(2)6-8-13/h5-11H,4H2,1-3H3,(H,21,22). The SMILES string of the molecule is CCOc1ccc2nc(SC(C)(C(=O)O)c3ccc(C)cc3)sc2c1. The molecule has 0 bridgehead atoms. The smallest absolute Gasteiger partial charge is 0.324 e. The second kappa shape index (κ2) is 7.06. The van der Waals surface area contributed by atoms with Crippen LogP contribution in [0.2, 0.25) is 0 Å². The maximum absolute atomic E-state index is 12.0. The fourth-order valence-corrected chi connectivity index (χ4v) is 4.95. The molecule has 0 aliphatic heterocycles. The molecular weight excluding hydrogens is 354 g/mol. The molecule has 1 atom stereocenters. The van der Waals surface area contributed by atoms with Gasteiger partial charge in [-0.2, -0.15) is 0 Å². The topological polar surface area (TPSA) is 59.4 Å². The maximum atomic E-state index is 12.0. The van der Waals surface area contributed by atoms with Gasteiger partial charge < -0.3 is 9.84 Å². The van der Waals surface area contributed by atoms with Gasteiger partial charge in [0, 0.05) is 0 Å². The zero-order valence-electron chi connectivity index (χ0n) is 14.3. The molecule has 2 aromatic carbocycles. The van der Waals surface area contributed by atoms with Crippen molar-refractivity contribution in [3.63, 3.8) is 0 Å². The van der Waals surface area contributed by atoms with Gasteiger partial charge >= 0.3 is 5.97 Å². The van der Waals surface area contributed by atoms with E-state index in [1.807, 2.05) is 56.3 Å². The van der Waals surface area contributed by atoms with Crippen LogP contribution in [0.3, 0.4) is 0 Å². The largest absolute Gasteiger partial charge is 0.494 e. The van der Waals surface area contributed by atoms with E-state index in [2.05, 4.69) is 4.98 Å². The Balaban J connectivity index is 1.95. The molecular formula is C19H19NO3S2. The summed E-state index contributed by atoms with van der Waals surface area (Å²) in [6, 6.07) is 13.4. The quantitative estimate of drug-likeness (QED) is 0.610. The lowest BCUT2D eigenvalue weighted by molar-refractivity contribution is -0.139. The minimum absolute atomic E-state index is 0.608. The number of hydrogen-bond donors (Lipinski definition) is 1. The number of nitrogens with zero attached hydrogens (tertiary/aromatic N) is 1. The Labute approximate surface area is 154 Å². The summed E-state index contributed by atoms with van der Waals surface area (Å²) < 4.78 is 6.15. The van der Waals surface area contributed by atoms with Gasteiger partial charge in [-0.25, -0.2) is 4.98 Å². The minimum atomic E-state index is -1.09. The lowest BCUT2D eigenvalue weighted by Crippen LogP contribution is -2.28. The van der Waals surface area contributed by atoms with Gasteiger partial charge in [0.05, 0.1) is 16.8 Å². The third-order valence-corrected chi connectivity index (χ3v) is 6.35. The maximum Gasteiger partial charge on any atom is 0.324 e. The van der Waals surface area contributed by atoms with Crippen LogP contribution in [0, 0.1) is 6.92 Å². The average molecular weight is 373 g/mol. The summed E-state index contributed by atoms with van der Waals surface area (Å²) in [7, 11) is 0. The number of thiazole rings is 1. The van der Waals surface area contributed by atoms with Gasteiger partial charge in [0.2, 0.25) is 0 Å². The molecule has 6 heteroatoms. The summed E-state index contributed by atoms with van der Waals surface area (Å²) >= 11 is 2.76. The van der Waals surface area contributed by atoms with Gasteiger partial charge in [0.25, 0.3) is 0 Å². The zero-order chi connectivity index (χ0) is 18.0. The number of aliphatic carboxylic acids is 1. The molecule has 0 amide bonds. The van der Waals surface area contributed by atoms with E-state index in [1.54, 1.807) is 6.92 Å². The minimum Gasteiger partial charge on any atom is -0.494 e. The molecule has 0 radical (unpaired) electrons. The third kappa shape index (κ3) is 3.65. The summed E-state index contributed by atoms with van der Waals surface area (Å²) in [6.45, 7) is 6.26. The molecule has 1 aromatic heterocycles. The summed E-state index contributed by atoms with van der Waals surface area (Å²) in [5, 5.41) is 9.84. The Kier molecular flexibility index (Phi) is 5.01. The van der Waals surface area contributed by atoms with Crippen LogP contribution in [-0.4, -0.2) is 22.7 Å². The summed E-state index contributed by atoms with van der Waals surface area (Å²) in [6.07, 6.45) is 0. The van der Waals surface area contributed by atoms with E-state index in [4.69, 9.17) is 4.74 Å². The monoisotopic (exact) mass is 373 g/mol. The molecule has 25 heavy (non-hydrogen) atoms. The summed E-state index contributed by atoms with van der Waals surface area (Å²) in [5.41, 5.74) is 2.71. The molecule has 3 aromatic rings. The lowest BCUT2D eigenvalue weighted by atomic mass is 9.99. The van der Waals surface area contributed by atoms with E-state index in [9.17, 15) is 9.90 Å². The number of fused-ring (bicyclic) bond motifs is 1. The van der Waals surface area contributed by atoms with Crippen LogP contribution in [0.4, 0.5) is 0 Å². The number of carboxylic acid groups (broad SMARTS) is 1. The van der Waals surface area contributed by atoms with Gasteiger partial charge in [-0.3, -0.25) is 4.79 Å². The number of benzene rings is 2. The van der Waals surface area contributed by atoms with Crippen molar-refractivity contribution < 1.29 is 14.6 Å². The first-order valence-corrected chi connectivity index (χ1v) is 9.58. The fraction of sp³-hybridized carbons (Fsp3) is 0.263. The van der Waals surface area contributed by atoms with Gasteiger partial charge in [0.1, 0.15) is 10.5 Å². The van der Waals surface area contributed by atoms with Crippen LogP contribution >= 0.6 is 23.1 Å². The molecule has 0 aliphatic rings. The highest BCUT2D eigenvalue weighted by molar-refractivity contribution is 8.02. The predicted octanol–water partition coefficient (Wildman–Crippen LogP) is 5.10. The van der Waals surface area contributed by atoms with Crippen molar-refractivity contribution >= 4 is 39.3 Å². The van der Waals surface area contributed by atoms with Crippen molar-refractivity contribution in [2.75, 3.05) is 6.61 Å². The Morgan fingerprint density at radius 2 is 2.00 bits per heavy atom. The Morgan fingerprint density at radius 1 is 1.28 bits per heavy atom. The molecule has 130 valence electrons. The number of thioether (sulfide) groups is 1. The summed E-state index contributed by atoms with van der Waals surface area (Å²) in [4.78, 5) is 16.6. The van der Waals surface area contributed by atoms with E-state index in [0.717, 1.165) is 31.4 Å². The fourth-order valence-electron chi connectivity index (χ4n) is 2.46. The molecule has 0 saturated carbocycles. The van der Waals surface area contributed by atoms with Gasteiger partial charge in [0.15, 0.2) is 4.34 Å². The van der Waals surface area contributed by atoms with Gasteiger partial charge in [-0.1, -0.05) is 41.6 Å². The number of ether oxygens (including phenoxy) is 1. The molecule has 3 rings (SSSR count). The third-order valence-electron chi connectivity index (χ3n) is 3.95. The molecule has 1 N–H and O–H groups in total. The normalized spacial score (nSPS) is 13.6. The highest BCUT2D eigenvalue weighted by atomic mass is 32.2. The van der Waals surface area contributed by atoms with Crippen LogP contribution < -0.4 is 4.74 Å². The number of aryl methyl sites for hydroxylation is 1. The van der Waals surface area contributed by atoms with E-state index in [-0.39, 0.29) is 0 Å². The lowest BCUT2D eigenvalue weighted by Gasteiger charge is -2.23. The average Bonchev–Trinajstić information content (AvgIpc) is 2.96. The Hall–Kier alpha value is -2.05. The van der Waals surface area contributed by atoms with E-state index in [0.29, 0.717) is 6.61 Å². The van der Waals surface area contributed by atoms with Crippen molar-refractivity contribution in [1.29, 1.82) is 0 Å². The number of carboxylic acids is 1. The van der Waals surface area contributed by atoms with Crippen molar-refractivity contribution in [3.05, 3.63) is 53.6 Å². The second-order valence-corrected chi connectivity index (χ2v) is 8.55. The van der Waals surface area contributed by atoms with Crippen LogP contribution in [-0.2, 0) is 9.54 Å². The summed E-state index contributed by atoms with van der Waals surface area (Å²) in [5.74, 6) is -0.0784. The van der Waals surface area contributed by atoms with Crippen LogP contribution in [0.5, 0.6) is 5.75 Å². The van der Waals surface area contributed by atoms with Crippen molar-refractivity contribution in [2.45, 2.75) is 29.9 Å². The number of aromatic nitrogens is 1. The van der Waals surface area contributed by atoms with Crippen LogP contribution in [0.1, 0.15) is 25.0 Å². The first-order valence-electron chi connectivity index (χ1n) is 7.95. The Bertz CT molecular complexity index is 905. The molecule has 0 saturated heterocycles. The number of rotatable bonds is 6. The van der Waals surface area contributed by atoms with E-state index in [1.165, 1.54) is 23.1 Å². The first-order chi connectivity index (χ1) is 11.9. The van der Waals surface area contributed by atoms with Crippen molar-refractivity contribution in [2.24, 2.45) is 0 Å². The van der Waals surface area contributed by atoms with Crippen LogP contribution in [0.15, 0.2) is 46.8 Å². The van der Waals surface area contributed by atoms with Crippen LogP contribution in [0.25, 0.3) is 10.2 Å². The second-order valence-electron chi connectivity index (χ2n) is 5.85. The number of hydrogen-bond acceptors (Lipinski definition) is 5. The van der Waals surface area contributed by atoms with Crippen molar-refractivity contribution in [1.82, 2.24) is 4.98 Å². The van der Waals surface area contributed by atoms with Gasteiger partial charge in [-0.05, 0) is 44.5 Å². The van der Waals surface area contributed by atoms with E-state index >= 15 is 0 Å². The van der Waals surface area contributed by atoms with Crippen molar-refractivity contribution in [3.8, 4) is 5.75 Å². The highest BCUT2D eigenvalue weighted by Crippen LogP contribution is 2.44. The zero-order valence-corrected chi connectivity index (χ0v) is 15.9. The highest BCUT2D eigenvalue weighted by Gasteiger charge is 2.37. The number of carbonyl (C=O) groups is 1. The Morgan fingerprint density at radius 3 is 2.64 bits per heavy atom. The molecule has 1 heterocycles. The van der Waals surface area contributed by atoms with E-state index < -0.39 is 10.7 Å². The molecule has 0 aliphatic carbocycles. The molecule has 4 nitrogen and oxygen atoms in total. The first kappa shape index (κ1) is 17.8. The predicted molar refractivity (Wildman–Crippen MR) is 103 cm³/mol.